The number of nitro groups is 1. The number of nitro benzene ring substituents is 1. The van der Waals surface area contributed by atoms with E-state index in [0.717, 1.165) is 0 Å². The topological polar surface area (TPSA) is 144 Å². The standard InChI is InChI=1S/C10H14N4O5S/c1-12-9-7(3-2-4-8(9)14(16)17)10(15)13-5-6-20(11,18)19/h2-4,12H,5-6H2,1H3,(H,13,15)(H2,11,18,19). The predicted molar refractivity (Wildman–Crippen MR) is 73.0 cm³/mol. The summed E-state index contributed by atoms with van der Waals surface area (Å²) in [5.41, 5.74) is -0.131. The fourth-order valence-corrected chi connectivity index (χ4v) is 1.93. The summed E-state index contributed by atoms with van der Waals surface area (Å²) in [6, 6.07) is 4.02. The highest BCUT2D eigenvalue weighted by atomic mass is 32.2. The largest absolute Gasteiger partial charge is 0.382 e. The molecule has 9 nitrogen and oxygen atoms in total. The number of nitrogens with one attached hydrogen (secondary N) is 2. The van der Waals surface area contributed by atoms with Gasteiger partial charge < -0.3 is 10.6 Å². The van der Waals surface area contributed by atoms with Crippen LogP contribution in [0.25, 0.3) is 0 Å². The molecule has 1 aromatic rings. The quantitative estimate of drug-likeness (QED) is 0.484. The van der Waals surface area contributed by atoms with E-state index in [2.05, 4.69) is 10.6 Å². The summed E-state index contributed by atoms with van der Waals surface area (Å²) in [6.45, 7) is -0.177. The number of para-hydroxylation sites is 1. The van der Waals surface area contributed by atoms with E-state index in [4.69, 9.17) is 5.14 Å². The van der Waals surface area contributed by atoms with E-state index in [0.29, 0.717) is 0 Å². The minimum Gasteiger partial charge on any atom is -0.382 e. The number of nitrogens with two attached hydrogens (primary N) is 1. The summed E-state index contributed by atoms with van der Waals surface area (Å²) in [5, 5.41) is 20.6. The van der Waals surface area contributed by atoms with Crippen molar-refractivity contribution in [3.05, 3.63) is 33.9 Å². The molecular weight excluding hydrogens is 288 g/mol. The zero-order valence-corrected chi connectivity index (χ0v) is 11.4. The molecule has 0 aliphatic heterocycles. The van der Waals surface area contributed by atoms with Gasteiger partial charge in [0.25, 0.3) is 11.6 Å². The van der Waals surface area contributed by atoms with Crippen LogP contribution in [-0.2, 0) is 10.0 Å². The highest BCUT2D eigenvalue weighted by Crippen LogP contribution is 2.27. The van der Waals surface area contributed by atoms with Crippen molar-refractivity contribution in [2.45, 2.75) is 0 Å². The number of primary sulfonamides is 1. The molecule has 0 aromatic heterocycles. The van der Waals surface area contributed by atoms with E-state index in [1.165, 1.54) is 25.2 Å². The van der Waals surface area contributed by atoms with Crippen molar-refractivity contribution in [3.63, 3.8) is 0 Å². The summed E-state index contributed by atoms with van der Waals surface area (Å²) in [5.74, 6) is -1.04. The minimum absolute atomic E-state index is 0.0520. The monoisotopic (exact) mass is 302 g/mol. The smallest absolute Gasteiger partial charge is 0.293 e. The second kappa shape index (κ2) is 6.30. The average Bonchev–Trinajstić information content (AvgIpc) is 2.35. The summed E-state index contributed by atoms with van der Waals surface area (Å²) in [4.78, 5) is 22.1. The van der Waals surface area contributed by atoms with Crippen molar-refractivity contribution in [1.82, 2.24) is 5.32 Å². The molecule has 1 amide bonds. The molecule has 4 N–H and O–H groups in total. The van der Waals surface area contributed by atoms with Crippen LogP contribution in [0.3, 0.4) is 0 Å². The fourth-order valence-electron chi connectivity index (χ4n) is 1.55. The molecule has 1 aromatic carbocycles. The molecule has 0 spiro atoms. The molecule has 0 fully saturated rings. The van der Waals surface area contributed by atoms with E-state index >= 15 is 0 Å². The molecule has 0 heterocycles. The van der Waals surface area contributed by atoms with E-state index in [9.17, 15) is 23.3 Å². The highest BCUT2D eigenvalue weighted by Gasteiger charge is 2.20. The SMILES string of the molecule is CNc1c(C(=O)NCCS(N)(=O)=O)cccc1[N+](=O)[O-]. The van der Waals surface area contributed by atoms with Gasteiger partial charge in [0, 0.05) is 19.7 Å². The van der Waals surface area contributed by atoms with Gasteiger partial charge in [-0.05, 0) is 6.07 Å². The Hall–Kier alpha value is -2.20. The van der Waals surface area contributed by atoms with Gasteiger partial charge in [0.2, 0.25) is 10.0 Å². The van der Waals surface area contributed by atoms with Crippen molar-refractivity contribution < 1.29 is 18.1 Å². The molecule has 0 atom stereocenters. The molecule has 0 bridgehead atoms. The number of nitrogens with zero attached hydrogens (tertiary/aromatic N) is 1. The van der Waals surface area contributed by atoms with Crippen LogP contribution < -0.4 is 15.8 Å². The zero-order chi connectivity index (χ0) is 15.3. The van der Waals surface area contributed by atoms with Gasteiger partial charge in [0.05, 0.1) is 16.2 Å². The lowest BCUT2D eigenvalue weighted by atomic mass is 10.1. The number of rotatable bonds is 6. The van der Waals surface area contributed by atoms with Gasteiger partial charge in [-0.15, -0.1) is 0 Å². The first-order chi connectivity index (χ1) is 9.26. The molecule has 0 aliphatic carbocycles. The van der Waals surface area contributed by atoms with Crippen LogP contribution in [0.2, 0.25) is 0 Å². The lowest BCUT2D eigenvalue weighted by Crippen LogP contribution is -2.31. The number of sulfonamides is 1. The van der Waals surface area contributed by atoms with Crippen molar-refractivity contribution in [1.29, 1.82) is 0 Å². The Kier molecular flexibility index (Phi) is 5.00. The Morgan fingerprint density at radius 3 is 2.60 bits per heavy atom. The maximum absolute atomic E-state index is 11.9. The summed E-state index contributed by atoms with van der Waals surface area (Å²) in [7, 11) is -2.23. The second-order valence-electron chi connectivity index (χ2n) is 3.83. The number of benzene rings is 1. The van der Waals surface area contributed by atoms with Gasteiger partial charge in [0.15, 0.2) is 0 Å². The fraction of sp³-hybridized carbons (Fsp3) is 0.300. The third kappa shape index (κ3) is 4.17. The van der Waals surface area contributed by atoms with E-state index in [1.807, 2.05) is 0 Å². The average molecular weight is 302 g/mol. The van der Waals surface area contributed by atoms with Crippen LogP contribution in [0, 0.1) is 10.1 Å². The maximum Gasteiger partial charge on any atom is 0.293 e. The van der Waals surface area contributed by atoms with Crippen molar-refractivity contribution in [2.75, 3.05) is 24.7 Å². The molecule has 0 unspecified atom stereocenters. The summed E-state index contributed by atoms with van der Waals surface area (Å²) >= 11 is 0. The van der Waals surface area contributed by atoms with Crippen LogP contribution >= 0.6 is 0 Å². The number of hydrogen-bond donors (Lipinski definition) is 3. The third-order valence-corrected chi connectivity index (χ3v) is 3.18. The molecule has 20 heavy (non-hydrogen) atoms. The molecule has 10 heteroatoms. The van der Waals surface area contributed by atoms with Crippen molar-refractivity contribution in [2.24, 2.45) is 5.14 Å². The molecule has 0 aliphatic rings. The van der Waals surface area contributed by atoms with Gasteiger partial charge >= 0.3 is 0 Å². The Morgan fingerprint density at radius 2 is 2.10 bits per heavy atom. The van der Waals surface area contributed by atoms with Crippen LogP contribution in [0.4, 0.5) is 11.4 Å². The maximum atomic E-state index is 11.9. The van der Waals surface area contributed by atoms with Gasteiger partial charge in [-0.3, -0.25) is 14.9 Å². The highest BCUT2D eigenvalue weighted by molar-refractivity contribution is 7.89. The molecular formula is C10H14N4O5S. The number of hydrogen-bond acceptors (Lipinski definition) is 6. The normalized spacial score (nSPS) is 10.9. The summed E-state index contributed by atoms with van der Waals surface area (Å²) < 4.78 is 21.5. The third-order valence-electron chi connectivity index (χ3n) is 2.41. The van der Waals surface area contributed by atoms with Gasteiger partial charge in [-0.25, -0.2) is 13.6 Å². The first kappa shape index (κ1) is 15.9. The Bertz CT molecular complexity index is 629. The Labute approximate surface area is 115 Å². The molecule has 0 saturated carbocycles. The lowest BCUT2D eigenvalue weighted by Gasteiger charge is -2.09. The number of anilines is 1. The second-order valence-corrected chi connectivity index (χ2v) is 5.56. The predicted octanol–water partition coefficient (Wildman–Crippen LogP) is -0.345. The van der Waals surface area contributed by atoms with Gasteiger partial charge in [-0.2, -0.15) is 0 Å². The first-order valence-electron chi connectivity index (χ1n) is 5.50. The number of carbonyl (C=O) groups is 1. The van der Waals surface area contributed by atoms with E-state index in [1.54, 1.807) is 0 Å². The zero-order valence-electron chi connectivity index (χ0n) is 10.6. The van der Waals surface area contributed by atoms with E-state index < -0.39 is 26.6 Å². The number of carbonyl (C=O) groups excluding carboxylic acids is 1. The number of amides is 1. The van der Waals surface area contributed by atoms with Crippen molar-refractivity contribution in [3.8, 4) is 0 Å². The molecule has 110 valence electrons. The van der Waals surface area contributed by atoms with E-state index in [-0.39, 0.29) is 23.5 Å². The minimum atomic E-state index is -3.68. The molecule has 1 rings (SSSR count). The van der Waals surface area contributed by atoms with Crippen molar-refractivity contribution >= 4 is 27.3 Å². The summed E-state index contributed by atoms with van der Waals surface area (Å²) in [6.07, 6.45) is 0. The van der Waals surface area contributed by atoms with Gasteiger partial charge in [0.1, 0.15) is 5.69 Å². The Balaban J connectivity index is 2.93. The van der Waals surface area contributed by atoms with Crippen LogP contribution in [0.5, 0.6) is 0 Å². The van der Waals surface area contributed by atoms with Crippen LogP contribution in [0.1, 0.15) is 10.4 Å². The first-order valence-corrected chi connectivity index (χ1v) is 7.21. The van der Waals surface area contributed by atoms with Crippen LogP contribution in [0.15, 0.2) is 18.2 Å². The van der Waals surface area contributed by atoms with Crippen LogP contribution in [-0.4, -0.2) is 38.6 Å². The molecule has 0 saturated heterocycles. The molecule has 0 radical (unpaired) electrons. The lowest BCUT2D eigenvalue weighted by molar-refractivity contribution is -0.384. The van der Waals surface area contributed by atoms with Gasteiger partial charge in [-0.1, -0.05) is 6.07 Å². The Morgan fingerprint density at radius 1 is 1.45 bits per heavy atom.